The summed E-state index contributed by atoms with van der Waals surface area (Å²) in [5, 5.41) is 3.48. The molecule has 21 heavy (non-hydrogen) atoms. The van der Waals surface area contributed by atoms with Crippen molar-refractivity contribution in [1.29, 1.82) is 0 Å². The number of benzene rings is 2. The Balaban J connectivity index is 1.86. The van der Waals surface area contributed by atoms with E-state index in [-0.39, 0.29) is 5.54 Å². The van der Waals surface area contributed by atoms with E-state index in [4.69, 9.17) is 16.3 Å². The van der Waals surface area contributed by atoms with Gasteiger partial charge in [0.1, 0.15) is 12.4 Å². The van der Waals surface area contributed by atoms with Gasteiger partial charge in [0.05, 0.1) is 5.54 Å². The van der Waals surface area contributed by atoms with E-state index >= 15 is 0 Å². The zero-order chi connectivity index (χ0) is 15.1. The summed E-state index contributed by atoms with van der Waals surface area (Å²) in [4.78, 5) is 0. The molecule has 1 unspecified atom stereocenters. The predicted octanol–water partition coefficient (Wildman–Crippen LogP) is 4.57. The minimum absolute atomic E-state index is 0.247. The molecule has 0 fully saturated rings. The van der Waals surface area contributed by atoms with Crippen molar-refractivity contribution in [2.24, 2.45) is 0 Å². The number of hydrogen-bond acceptors (Lipinski definition) is 2. The lowest BCUT2D eigenvalue weighted by molar-refractivity contribution is 0.286. The average molecular weight is 369 g/mol. The van der Waals surface area contributed by atoms with Gasteiger partial charge in [0.2, 0.25) is 0 Å². The van der Waals surface area contributed by atoms with Gasteiger partial charge < -0.3 is 10.1 Å². The van der Waals surface area contributed by atoms with Gasteiger partial charge in [-0.1, -0.05) is 52.3 Å². The maximum absolute atomic E-state index is 6.15. The van der Waals surface area contributed by atoms with Crippen LogP contribution >= 0.6 is 27.5 Å². The molecule has 0 saturated carbocycles. The van der Waals surface area contributed by atoms with Crippen LogP contribution in [0.3, 0.4) is 0 Å². The molecule has 2 nitrogen and oxygen atoms in total. The Morgan fingerprint density at radius 3 is 2.57 bits per heavy atom. The van der Waals surface area contributed by atoms with Gasteiger partial charge in [-0.05, 0) is 30.7 Å². The predicted molar refractivity (Wildman–Crippen MR) is 92.2 cm³/mol. The van der Waals surface area contributed by atoms with E-state index in [9.17, 15) is 0 Å². The van der Waals surface area contributed by atoms with Crippen molar-refractivity contribution in [3.05, 3.63) is 64.6 Å². The summed E-state index contributed by atoms with van der Waals surface area (Å²) in [6, 6.07) is 18.1. The van der Waals surface area contributed by atoms with Crippen molar-refractivity contribution in [3.8, 4) is 5.75 Å². The van der Waals surface area contributed by atoms with Gasteiger partial charge in [0.15, 0.2) is 0 Å². The molecular formula is C17H19BrClNO. The molecule has 0 aliphatic rings. The summed E-state index contributed by atoms with van der Waals surface area (Å²) in [6.07, 6.45) is 0. The minimum atomic E-state index is -0.247. The number of hydrogen-bond donors (Lipinski definition) is 1. The molecular weight excluding hydrogens is 350 g/mol. The lowest BCUT2D eigenvalue weighted by Crippen LogP contribution is -2.43. The number of ether oxygens (including phenoxy) is 1. The van der Waals surface area contributed by atoms with Gasteiger partial charge in [-0.2, -0.15) is 0 Å². The van der Waals surface area contributed by atoms with Gasteiger partial charge >= 0.3 is 0 Å². The van der Waals surface area contributed by atoms with Gasteiger partial charge in [-0.3, -0.25) is 0 Å². The maximum Gasteiger partial charge on any atom is 0.120 e. The quantitative estimate of drug-likeness (QED) is 0.571. The fraction of sp³-hybridized carbons (Fsp3) is 0.294. The summed E-state index contributed by atoms with van der Waals surface area (Å²) in [5.74, 6) is 1.37. The Morgan fingerprint density at radius 1 is 1.14 bits per heavy atom. The van der Waals surface area contributed by atoms with Crippen LogP contribution in [0.4, 0.5) is 0 Å². The first-order valence-electron chi connectivity index (χ1n) is 6.89. The monoisotopic (exact) mass is 367 g/mol. The molecule has 2 rings (SSSR count). The van der Waals surface area contributed by atoms with Crippen molar-refractivity contribution < 1.29 is 4.74 Å². The molecule has 1 N–H and O–H groups in total. The second-order valence-electron chi connectivity index (χ2n) is 5.06. The molecule has 0 spiro atoms. The van der Waals surface area contributed by atoms with Crippen LogP contribution in [0, 0.1) is 0 Å². The molecule has 0 amide bonds. The molecule has 0 saturated heterocycles. The molecule has 112 valence electrons. The fourth-order valence-electron chi connectivity index (χ4n) is 2.09. The van der Waals surface area contributed by atoms with Crippen LogP contribution in [0.2, 0.25) is 0 Å². The summed E-state index contributed by atoms with van der Waals surface area (Å²) < 4.78 is 6.74. The van der Waals surface area contributed by atoms with E-state index in [1.807, 2.05) is 42.5 Å². The Kier molecular flexibility index (Phi) is 6.09. The smallest absolute Gasteiger partial charge is 0.120 e. The van der Waals surface area contributed by atoms with Gasteiger partial charge in [0.25, 0.3) is 0 Å². The Bertz CT molecular complexity index is 564. The molecule has 4 heteroatoms. The SMILES string of the molecule is CC(CCl)(NCCOc1cccc(Br)c1)c1ccccc1. The summed E-state index contributed by atoms with van der Waals surface area (Å²) in [5.41, 5.74) is 0.936. The molecule has 2 aromatic carbocycles. The number of halogens is 2. The van der Waals surface area contributed by atoms with Crippen molar-refractivity contribution in [1.82, 2.24) is 5.32 Å². The second kappa shape index (κ2) is 7.83. The molecule has 0 aliphatic heterocycles. The van der Waals surface area contributed by atoms with Crippen LogP contribution in [0.5, 0.6) is 5.75 Å². The third-order valence-corrected chi connectivity index (χ3v) is 4.39. The van der Waals surface area contributed by atoms with Gasteiger partial charge in [-0.25, -0.2) is 0 Å². The topological polar surface area (TPSA) is 21.3 Å². The highest BCUT2D eigenvalue weighted by Gasteiger charge is 2.24. The number of alkyl halides is 1. The Morgan fingerprint density at radius 2 is 1.90 bits per heavy atom. The lowest BCUT2D eigenvalue weighted by atomic mass is 9.94. The van der Waals surface area contributed by atoms with Crippen LogP contribution in [0.1, 0.15) is 12.5 Å². The highest BCUT2D eigenvalue weighted by atomic mass is 79.9. The van der Waals surface area contributed by atoms with Crippen molar-refractivity contribution in [2.75, 3.05) is 19.0 Å². The van der Waals surface area contributed by atoms with Crippen LogP contribution in [0.25, 0.3) is 0 Å². The molecule has 0 aliphatic carbocycles. The van der Waals surface area contributed by atoms with Crippen LogP contribution < -0.4 is 10.1 Å². The molecule has 1 atom stereocenters. The molecule has 2 aromatic rings. The molecule has 0 radical (unpaired) electrons. The highest BCUT2D eigenvalue weighted by Crippen LogP contribution is 2.22. The van der Waals surface area contributed by atoms with Crippen LogP contribution in [-0.2, 0) is 5.54 Å². The zero-order valence-electron chi connectivity index (χ0n) is 12.0. The molecule has 0 bridgehead atoms. The van der Waals surface area contributed by atoms with Gasteiger partial charge in [0, 0.05) is 16.9 Å². The van der Waals surface area contributed by atoms with Gasteiger partial charge in [-0.15, -0.1) is 11.6 Å². The molecule has 0 heterocycles. The Hall–Kier alpha value is -1.03. The first-order valence-corrected chi connectivity index (χ1v) is 8.22. The average Bonchev–Trinajstić information content (AvgIpc) is 2.52. The van der Waals surface area contributed by atoms with E-state index in [1.54, 1.807) is 0 Å². The van der Waals surface area contributed by atoms with E-state index in [1.165, 1.54) is 5.56 Å². The van der Waals surface area contributed by atoms with Crippen molar-refractivity contribution >= 4 is 27.5 Å². The highest BCUT2D eigenvalue weighted by molar-refractivity contribution is 9.10. The van der Waals surface area contributed by atoms with E-state index in [0.29, 0.717) is 12.5 Å². The second-order valence-corrected chi connectivity index (χ2v) is 6.25. The standard InChI is InChI=1S/C17H19BrClNO/c1-17(13-19,14-6-3-2-4-7-14)20-10-11-21-16-9-5-8-15(18)12-16/h2-9,12,20H,10-11,13H2,1H3. The normalized spacial score (nSPS) is 13.7. The van der Waals surface area contributed by atoms with Crippen LogP contribution in [-0.4, -0.2) is 19.0 Å². The fourth-order valence-corrected chi connectivity index (χ4v) is 2.71. The summed E-state index contributed by atoms with van der Waals surface area (Å²) in [7, 11) is 0. The van der Waals surface area contributed by atoms with E-state index in [0.717, 1.165) is 16.8 Å². The number of nitrogens with one attached hydrogen (secondary N) is 1. The van der Waals surface area contributed by atoms with Crippen LogP contribution in [0.15, 0.2) is 59.1 Å². The zero-order valence-corrected chi connectivity index (χ0v) is 14.3. The largest absolute Gasteiger partial charge is 0.492 e. The minimum Gasteiger partial charge on any atom is -0.492 e. The van der Waals surface area contributed by atoms with E-state index < -0.39 is 0 Å². The first kappa shape index (κ1) is 16.3. The first-order chi connectivity index (χ1) is 10.1. The third kappa shape index (κ3) is 4.73. The third-order valence-electron chi connectivity index (χ3n) is 3.36. The molecule has 0 aromatic heterocycles. The number of rotatable bonds is 7. The van der Waals surface area contributed by atoms with Crippen molar-refractivity contribution in [2.45, 2.75) is 12.5 Å². The van der Waals surface area contributed by atoms with Crippen molar-refractivity contribution in [3.63, 3.8) is 0 Å². The maximum atomic E-state index is 6.15. The summed E-state index contributed by atoms with van der Waals surface area (Å²) >= 11 is 9.58. The lowest BCUT2D eigenvalue weighted by Gasteiger charge is -2.29. The van der Waals surface area contributed by atoms with E-state index in [2.05, 4.69) is 40.3 Å². The summed E-state index contributed by atoms with van der Waals surface area (Å²) in [6.45, 7) is 3.43. The Labute approximate surface area is 139 Å².